The summed E-state index contributed by atoms with van der Waals surface area (Å²) < 4.78 is 4.88. The monoisotopic (exact) mass is 268 g/mol. The standard InChI is InChI=1S/C15H28N2O2/c1-11-6-8-17(10-12(11)2)13-5-4-7-15(16,9-13)14(18)19-3/h11-13H,4-10,16H2,1-3H3. The molecule has 1 saturated carbocycles. The molecule has 2 fully saturated rings. The van der Waals surface area contributed by atoms with Crippen molar-refractivity contribution in [1.82, 2.24) is 4.90 Å². The van der Waals surface area contributed by atoms with Crippen LogP contribution in [-0.2, 0) is 9.53 Å². The fourth-order valence-electron chi connectivity index (χ4n) is 3.60. The highest BCUT2D eigenvalue weighted by atomic mass is 16.5. The molecule has 4 atom stereocenters. The minimum absolute atomic E-state index is 0.240. The summed E-state index contributed by atoms with van der Waals surface area (Å²) in [6.07, 6.45) is 4.96. The lowest BCUT2D eigenvalue weighted by molar-refractivity contribution is -0.149. The molecular formula is C15H28N2O2. The maximum Gasteiger partial charge on any atom is 0.325 e. The van der Waals surface area contributed by atoms with Gasteiger partial charge in [-0.15, -0.1) is 0 Å². The van der Waals surface area contributed by atoms with Gasteiger partial charge in [-0.1, -0.05) is 13.8 Å². The third-order valence-electron chi connectivity index (χ3n) is 5.23. The molecule has 0 aromatic rings. The molecule has 1 saturated heterocycles. The average Bonchev–Trinajstić information content (AvgIpc) is 2.41. The van der Waals surface area contributed by atoms with E-state index in [0.717, 1.165) is 50.6 Å². The van der Waals surface area contributed by atoms with Crippen LogP contribution in [0.25, 0.3) is 0 Å². The number of hydrogen-bond acceptors (Lipinski definition) is 4. The molecular weight excluding hydrogens is 240 g/mol. The molecule has 4 heteroatoms. The second-order valence-electron chi connectivity index (χ2n) is 6.64. The lowest BCUT2D eigenvalue weighted by atomic mass is 9.77. The minimum Gasteiger partial charge on any atom is -0.468 e. The first-order chi connectivity index (χ1) is 8.96. The van der Waals surface area contributed by atoms with Crippen molar-refractivity contribution in [2.75, 3.05) is 20.2 Å². The van der Waals surface area contributed by atoms with E-state index >= 15 is 0 Å². The normalized spacial score (nSPS) is 40.9. The third kappa shape index (κ3) is 3.11. The van der Waals surface area contributed by atoms with Gasteiger partial charge in [0.25, 0.3) is 0 Å². The Bertz CT molecular complexity index is 334. The average molecular weight is 268 g/mol. The van der Waals surface area contributed by atoms with Gasteiger partial charge >= 0.3 is 5.97 Å². The van der Waals surface area contributed by atoms with Crippen molar-refractivity contribution >= 4 is 5.97 Å². The largest absolute Gasteiger partial charge is 0.468 e. The summed E-state index contributed by atoms with van der Waals surface area (Å²) in [5, 5.41) is 0. The van der Waals surface area contributed by atoms with E-state index < -0.39 is 5.54 Å². The molecule has 0 radical (unpaired) electrons. The first-order valence-corrected chi connectivity index (χ1v) is 7.57. The number of nitrogens with zero attached hydrogens (tertiary/aromatic N) is 1. The van der Waals surface area contributed by atoms with Gasteiger partial charge < -0.3 is 15.4 Å². The number of esters is 1. The highest BCUT2D eigenvalue weighted by molar-refractivity contribution is 5.80. The lowest BCUT2D eigenvalue weighted by Gasteiger charge is -2.45. The Labute approximate surface area is 116 Å². The van der Waals surface area contributed by atoms with E-state index in [-0.39, 0.29) is 5.97 Å². The molecule has 2 rings (SSSR count). The second-order valence-corrected chi connectivity index (χ2v) is 6.64. The van der Waals surface area contributed by atoms with E-state index in [9.17, 15) is 4.79 Å². The maximum atomic E-state index is 11.9. The molecule has 0 amide bonds. The van der Waals surface area contributed by atoms with E-state index in [1.807, 2.05) is 0 Å². The van der Waals surface area contributed by atoms with Crippen molar-refractivity contribution in [2.24, 2.45) is 17.6 Å². The predicted octanol–water partition coefficient (Wildman–Crippen LogP) is 1.78. The van der Waals surface area contributed by atoms with Gasteiger partial charge in [-0.2, -0.15) is 0 Å². The number of piperidine rings is 1. The Morgan fingerprint density at radius 2 is 2.05 bits per heavy atom. The number of ether oxygens (including phenoxy) is 1. The van der Waals surface area contributed by atoms with Crippen LogP contribution in [-0.4, -0.2) is 42.6 Å². The van der Waals surface area contributed by atoms with Gasteiger partial charge in [0.1, 0.15) is 5.54 Å². The molecule has 2 N–H and O–H groups in total. The van der Waals surface area contributed by atoms with E-state index in [0.29, 0.717) is 6.04 Å². The van der Waals surface area contributed by atoms with Crippen molar-refractivity contribution in [3.8, 4) is 0 Å². The summed E-state index contributed by atoms with van der Waals surface area (Å²) in [6.45, 7) is 6.96. The highest BCUT2D eigenvalue weighted by Gasteiger charge is 2.42. The molecule has 1 aliphatic heterocycles. The van der Waals surface area contributed by atoms with E-state index in [2.05, 4.69) is 18.7 Å². The summed E-state index contributed by atoms with van der Waals surface area (Å²) in [6, 6.07) is 0.452. The van der Waals surface area contributed by atoms with Crippen molar-refractivity contribution in [2.45, 2.75) is 57.5 Å². The first-order valence-electron chi connectivity index (χ1n) is 7.57. The topological polar surface area (TPSA) is 55.6 Å². The van der Waals surface area contributed by atoms with Gasteiger partial charge in [-0.25, -0.2) is 0 Å². The van der Waals surface area contributed by atoms with Crippen LogP contribution in [0.1, 0.15) is 46.0 Å². The van der Waals surface area contributed by atoms with Crippen LogP contribution in [0.3, 0.4) is 0 Å². The highest BCUT2D eigenvalue weighted by Crippen LogP contribution is 2.33. The number of nitrogens with two attached hydrogens (primary N) is 1. The van der Waals surface area contributed by atoms with Crippen molar-refractivity contribution in [3.05, 3.63) is 0 Å². The molecule has 4 unspecified atom stereocenters. The molecule has 19 heavy (non-hydrogen) atoms. The zero-order chi connectivity index (χ0) is 14.0. The Kier molecular flexibility index (Phi) is 4.51. The van der Waals surface area contributed by atoms with E-state index in [1.165, 1.54) is 13.5 Å². The van der Waals surface area contributed by atoms with Crippen LogP contribution in [0.2, 0.25) is 0 Å². The number of likely N-dealkylation sites (tertiary alicyclic amines) is 1. The van der Waals surface area contributed by atoms with Crippen LogP contribution in [0, 0.1) is 11.8 Å². The maximum absolute atomic E-state index is 11.9. The van der Waals surface area contributed by atoms with Crippen molar-refractivity contribution in [3.63, 3.8) is 0 Å². The van der Waals surface area contributed by atoms with Gasteiger partial charge in [0, 0.05) is 12.6 Å². The molecule has 110 valence electrons. The van der Waals surface area contributed by atoms with Crippen LogP contribution in [0.5, 0.6) is 0 Å². The van der Waals surface area contributed by atoms with Gasteiger partial charge in [-0.05, 0) is 50.5 Å². The summed E-state index contributed by atoms with van der Waals surface area (Å²) in [7, 11) is 1.44. The minimum atomic E-state index is -0.760. The summed E-state index contributed by atoms with van der Waals surface area (Å²) >= 11 is 0. The zero-order valence-corrected chi connectivity index (χ0v) is 12.5. The molecule has 0 bridgehead atoms. The van der Waals surface area contributed by atoms with Crippen molar-refractivity contribution in [1.29, 1.82) is 0 Å². The van der Waals surface area contributed by atoms with Gasteiger partial charge in [0.15, 0.2) is 0 Å². The zero-order valence-electron chi connectivity index (χ0n) is 12.5. The number of hydrogen-bond donors (Lipinski definition) is 1. The van der Waals surface area contributed by atoms with Crippen LogP contribution in [0.15, 0.2) is 0 Å². The van der Waals surface area contributed by atoms with Crippen molar-refractivity contribution < 1.29 is 9.53 Å². The molecule has 4 nitrogen and oxygen atoms in total. The smallest absolute Gasteiger partial charge is 0.325 e. The number of methoxy groups -OCH3 is 1. The fraction of sp³-hybridized carbons (Fsp3) is 0.933. The number of carbonyl (C=O) groups excluding carboxylic acids is 1. The predicted molar refractivity (Wildman–Crippen MR) is 75.7 cm³/mol. The summed E-state index contributed by atoms with van der Waals surface area (Å²) in [5.74, 6) is 1.31. The molecule has 0 aromatic heterocycles. The Hall–Kier alpha value is -0.610. The quantitative estimate of drug-likeness (QED) is 0.776. The summed E-state index contributed by atoms with van der Waals surface area (Å²) in [4.78, 5) is 14.4. The molecule has 1 aliphatic carbocycles. The van der Waals surface area contributed by atoms with E-state index in [1.54, 1.807) is 0 Å². The Morgan fingerprint density at radius 1 is 1.32 bits per heavy atom. The third-order valence-corrected chi connectivity index (χ3v) is 5.23. The van der Waals surface area contributed by atoms with Crippen LogP contribution in [0.4, 0.5) is 0 Å². The molecule has 0 spiro atoms. The van der Waals surface area contributed by atoms with Gasteiger partial charge in [-0.3, -0.25) is 4.79 Å². The Balaban J connectivity index is 1.99. The molecule has 2 aliphatic rings. The first kappa shape index (κ1) is 14.8. The Morgan fingerprint density at radius 3 is 2.68 bits per heavy atom. The fourth-order valence-corrected chi connectivity index (χ4v) is 3.60. The van der Waals surface area contributed by atoms with Gasteiger partial charge in [0.2, 0.25) is 0 Å². The number of carbonyl (C=O) groups is 1. The van der Waals surface area contributed by atoms with Crippen LogP contribution < -0.4 is 5.73 Å². The van der Waals surface area contributed by atoms with Gasteiger partial charge in [0.05, 0.1) is 7.11 Å². The van der Waals surface area contributed by atoms with Crippen LogP contribution >= 0.6 is 0 Å². The SMILES string of the molecule is COC(=O)C1(N)CCCC(N2CCC(C)C(C)C2)C1. The summed E-state index contributed by atoms with van der Waals surface area (Å²) in [5.41, 5.74) is 5.51. The second kappa shape index (κ2) is 5.80. The molecule has 0 aromatic carbocycles. The number of rotatable bonds is 2. The lowest BCUT2D eigenvalue weighted by Crippen LogP contribution is -2.57. The molecule has 1 heterocycles. The van der Waals surface area contributed by atoms with E-state index in [4.69, 9.17) is 10.5 Å².